The van der Waals surface area contributed by atoms with Crippen LogP contribution in [0.15, 0.2) is 24.3 Å². The Hall–Kier alpha value is -1.97. The molecule has 1 aromatic rings. The van der Waals surface area contributed by atoms with Gasteiger partial charge in [-0.1, -0.05) is 52.3 Å². The molecule has 0 fully saturated rings. The van der Waals surface area contributed by atoms with Gasteiger partial charge in [0, 0.05) is 43.4 Å². The van der Waals surface area contributed by atoms with E-state index in [1.165, 1.54) is 6.26 Å². The lowest BCUT2D eigenvalue weighted by Gasteiger charge is -2.37. The van der Waals surface area contributed by atoms with Gasteiger partial charge < -0.3 is 21.1 Å². The summed E-state index contributed by atoms with van der Waals surface area (Å²) in [4.78, 5) is 27.2. The summed E-state index contributed by atoms with van der Waals surface area (Å²) in [6.07, 6.45) is 3.43. The number of amides is 2. The third-order valence-electron chi connectivity index (χ3n) is 6.81. The van der Waals surface area contributed by atoms with Gasteiger partial charge in [0.05, 0.1) is 11.4 Å². The Kier molecular flexibility index (Phi) is 10.3. The fourth-order valence-corrected chi connectivity index (χ4v) is 5.54. The molecule has 0 aromatic heterocycles. The van der Waals surface area contributed by atoms with Crippen molar-refractivity contribution in [1.82, 2.24) is 5.32 Å². The Morgan fingerprint density at radius 3 is 2.57 bits per heavy atom. The molecule has 1 aromatic carbocycles. The van der Waals surface area contributed by atoms with Crippen LogP contribution in [0.5, 0.6) is 0 Å². The first-order chi connectivity index (χ1) is 16.2. The van der Waals surface area contributed by atoms with Gasteiger partial charge in [0.25, 0.3) is 0 Å². The first-order valence-electron chi connectivity index (χ1n) is 12.5. The Labute approximate surface area is 210 Å². The molecule has 9 heteroatoms. The first kappa shape index (κ1) is 29.3. The minimum absolute atomic E-state index is 0.0941. The van der Waals surface area contributed by atoms with Gasteiger partial charge >= 0.3 is 0 Å². The number of hydrogen-bond donors (Lipinski definition) is 3. The summed E-state index contributed by atoms with van der Waals surface area (Å²) >= 11 is 0. The zero-order chi connectivity index (χ0) is 26.4. The van der Waals surface area contributed by atoms with Gasteiger partial charge in [-0.05, 0) is 42.7 Å². The fraction of sp³-hybridized carbons (Fsp3) is 0.692. The molecule has 1 heterocycles. The molecule has 4 atom stereocenters. The summed E-state index contributed by atoms with van der Waals surface area (Å²) in [6, 6.07) is 6.81. The van der Waals surface area contributed by atoms with Crippen molar-refractivity contribution in [3.63, 3.8) is 0 Å². The minimum Gasteiger partial charge on any atom is -0.391 e. The quantitative estimate of drug-likeness (QED) is 0.371. The molecule has 198 valence electrons. The Balaban J connectivity index is 2.01. The lowest BCUT2D eigenvalue weighted by atomic mass is 9.79. The van der Waals surface area contributed by atoms with E-state index in [9.17, 15) is 23.1 Å². The molecule has 0 unspecified atom stereocenters. The Morgan fingerprint density at radius 2 is 1.94 bits per heavy atom. The van der Waals surface area contributed by atoms with E-state index in [4.69, 9.17) is 5.73 Å². The number of nitrogens with zero attached hydrogens (tertiary/aromatic N) is 1. The van der Waals surface area contributed by atoms with Crippen molar-refractivity contribution in [3.05, 3.63) is 29.8 Å². The number of benzene rings is 1. The van der Waals surface area contributed by atoms with Gasteiger partial charge in [-0.2, -0.15) is 0 Å². The van der Waals surface area contributed by atoms with Gasteiger partial charge in [0.1, 0.15) is 0 Å². The summed E-state index contributed by atoms with van der Waals surface area (Å²) in [5.74, 6) is -0.625. The lowest BCUT2D eigenvalue weighted by Crippen LogP contribution is -2.47. The highest BCUT2D eigenvalue weighted by Gasteiger charge is 2.36. The molecule has 8 nitrogen and oxygen atoms in total. The number of carbonyl (C=O) groups is 2. The van der Waals surface area contributed by atoms with Crippen molar-refractivity contribution < 1.29 is 23.1 Å². The topological polar surface area (TPSA) is 130 Å². The molecule has 1 aliphatic heterocycles. The molecule has 0 saturated heterocycles. The molecule has 0 spiro atoms. The number of anilines is 1. The van der Waals surface area contributed by atoms with Gasteiger partial charge in [-0.25, -0.2) is 8.42 Å². The molecule has 0 aliphatic carbocycles. The predicted octanol–water partition coefficient (Wildman–Crippen LogP) is 2.43. The molecule has 0 saturated carbocycles. The van der Waals surface area contributed by atoms with Crippen molar-refractivity contribution in [1.29, 1.82) is 0 Å². The van der Waals surface area contributed by atoms with Crippen LogP contribution in [0, 0.1) is 11.3 Å². The summed E-state index contributed by atoms with van der Waals surface area (Å²) in [5.41, 5.74) is 7.36. The van der Waals surface area contributed by atoms with Crippen LogP contribution in [-0.4, -0.2) is 62.1 Å². The first-order valence-corrected chi connectivity index (χ1v) is 14.5. The zero-order valence-electron chi connectivity index (χ0n) is 21.8. The number of aliphatic hydroxyl groups excluding tert-OH is 1. The van der Waals surface area contributed by atoms with Crippen LogP contribution >= 0.6 is 0 Å². The Bertz CT molecular complexity index is 979. The van der Waals surface area contributed by atoms with Crippen LogP contribution in [0.2, 0.25) is 0 Å². The zero-order valence-corrected chi connectivity index (χ0v) is 22.6. The van der Waals surface area contributed by atoms with Crippen LogP contribution in [0.4, 0.5) is 5.69 Å². The fourth-order valence-electron chi connectivity index (χ4n) is 4.64. The third-order valence-corrected chi connectivity index (χ3v) is 8.33. The summed E-state index contributed by atoms with van der Waals surface area (Å²) in [5, 5.41) is 12.9. The van der Waals surface area contributed by atoms with Crippen molar-refractivity contribution in [2.75, 3.05) is 24.2 Å². The summed E-state index contributed by atoms with van der Waals surface area (Å²) in [6.45, 7) is 8.42. The molecule has 35 heavy (non-hydrogen) atoms. The van der Waals surface area contributed by atoms with Crippen molar-refractivity contribution in [3.8, 4) is 0 Å². The number of para-hydroxylation sites is 1. The summed E-state index contributed by atoms with van der Waals surface area (Å²) in [7, 11) is -3.31. The highest BCUT2D eigenvalue weighted by molar-refractivity contribution is 7.91. The monoisotopic (exact) mass is 509 g/mol. The molecule has 0 bridgehead atoms. The van der Waals surface area contributed by atoms with E-state index in [0.717, 1.165) is 24.1 Å². The number of nitrogens with one attached hydrogen (secondary N) is 1. The molecule has 2 rings (SSSR count). The van der Waals surface area contributed by atoms with E-state index in [1.54, 1.807) is 11.8 Å². The van der Waals surface area contributed by atoms with Gasteiger partial charge in [-0.3, -0.25) is 9.59 Å². The standard InChI is InChI=1S/C26H43N3O5S/c1-6-7-12-28-25(32)18(2)13-23(30)21(27)15-26(3,4)16-24(31)29-17-20(35(5,33)34)14-19-10-8-9-11-22(19)29/h8-11,18,20-21,23,30H,6-7,12-17,27H2,1-5H3,(H,28,32)/t18-,20-,21+,23+/m1/s1. The van der Waals surface area contributed by atoms with E-state index in [-0.39, 0.29) is 37.1 Å². The van der Waals surface area contributed by atoms with Crippen LogP contribution < -0.4 is 16.0 Å². The maximum atomic E-state index is 13.4. The second-order valence-electron chi connectivity index (χ2n) is 10.8. The highest BCUT2D eigenvalue weighted by Crippen LogP contribution is 2.34. The second-order valence-corrected chi connectivity index (χ2v) is 13.2. The molecule has 2 amide bonds. The van der Waals surface area contributed by atoms with E-state index in [0.29, 0.717) is 19.4 Å². The molecular weight excluding hydrogens is 466 g/mol. The van der Waals surface area contributed by atoms with Crippen molar-refractivity contribution in [2.24, 2.45) is 17.1 Å². The highest BCUT2D eigenvalue weighted by atomic mass is 32.2. The van der Waals surface area contributed by atoms with Crippen LogP contribution in [0.3, 0.4) is 0 Å². The van der Waals surface area contributed by atoms with Crippen molar-refractivity contribution in [2.45, 2.75) is 83.6 Å². The number of nitrogens with two attached hydrogens (primary N) is 1. The smallest absolute Gasteiger partial charge is 0.227 e. The maximum absolute atomic E-state index is 13.4. The van der Waals surface area contributed by atoms with Crippen LogP contribution in [-0.2, 0) is 25.8 Å². The van der Waals surface area contributed by atoms with Gasteiger partial charge in [-0.15, -0.1) is 0 Å². The third kappa shape index (κ3) is 8.58. The van der Waals surface area contributed by atoms with Crippen LogP contribution in [0.1, 0.15) is 65.4 Å². The van der Waals surface area contributed by atoms with E-state index < -0.39 is 32.6 Å². The molecule has 1 aliphatic rings. The normalized spacial score (nSPS) is 18.9. The predicted molar refractivity (Wildman–Crippen MR) is 140 cm³/mol. The average molecular weight is 510 g/mol. The van der Waals surface area contributed by atoms with Gasteiger partial charge in [0.2, 0.25) is 11.8 Å². The number of rotatable bonds is 12. The SMILES string of the molecule is CCCCNC(=O)[C@H](C)C[C@H](O)[C@@H](N)CC(C)(C)CC(=O)N1C[C@H](S(C)(=O)=O)Cc2ccccc21. The molecular formula is C26H43N3O5S. The molecule has 4 N–H and O–H groups in total. The van der Waals surface area contributed by atoms with E-state index in [2.05, 4.69) is 12.2 Å². The number of carbonyl (C=O) groups excluding carboxylic acids is 2. The largest absolute Gasteiger partial charge is 0.391 e. The van der Waals surface area contributed by atoms with Crippen LogP contribution in [0.25, 0.3) is 0 Å². The van der Waals surface area contributed by atoms with E-state index in [1.807, 2.05) is 38.1 Å². The van der Waals surface area contributed by atoms with E-state index >= 15 is 0 Å². The Morgan fingerprint density at radius 1 is 1.29 bits per heavy atom. The lowest BCUT2D eigenvalue weighted by molar-refractivity contribution is -0.125. The average Bonchev–Trinajstić information content (AvgIpc) is 2.76. The second kappa shape index (κ2) is 12.3. The summed E-state index contributed by atoms with van der Waals surface area (Å²) < 4.78 is 24.5. The number of sulfone groups is 1. The molecule has 0 radical (unpaired) electrons. The van der Waals surface area contributed by atoms with Gasteiger partial charge in [0.15, 0.2) is 9.84 Å². The minimum atomic E-state index is -3.31. The van der Waals surface area contributed by atoms with Crippen molar-refractivity contribution >= 4 is 27.3 Å². The number of unbranched alkanes of at least 4 members (excludes halogenated alkanes) is 1. The number of fused-ring (bicyclic) bond motifs is 1. The number of hydrogen-bond acceptors (Lipinski definition) is 6. The maximum Gasteiger partial charge on any atom is 0.227 e. The number of aliphatic hydroxyl groups is 1.